The number of amides is 2. The summed E-state index contributed by atoms with van der Waals surface area (Å²) in [5.41, 5.74) is 4.33. The number of urea groups is 1. The highest BCUT2D eigenvalue weighted by atomic mass is 16.6. The van der Waals surface area contributed by atoms with Gasteiger partial charge in [0.25, 0.3) is 0 Å². The standard InChI is InChI=1S/C16H15N5O4/c1-24-13-7-9(3-5-12(13)22)11-8-17-10-4-6-14(19-15(10)18-11)20-16(23)21-25-2/h3-8,22H,1-2H3,(H2,18,19,20,21,23). The van der Waals surface area contributed by atoms with E-state index in [-0.39, 0.29) is 5.75 Å². The molecule has 128 valence electrons. The summed E-state index contributed by atoms with van der Waals surface area (Å²) in [6, 6.07) is 7.61. The second-order valence-corrected chi connectivity index (χ2v) is 4.94. The van der Waals surface area contributed by atoms with E-state index in [0.717, 1.165) is 0 Å². The Morgan fingerprint density at radius 1 is 1.16 bits per heavy atom. The van der Waals surface area contributed by atoms with Crippen LogP contribution in [-0.4, -0.2) is 40.3 Å². The van der Waals surface area contributed by atoms with Crippen molar-refractivity contribution in [1.29, 1.82) is 0 Å². The third-order valence-electron chi connectivity index (χ3n) is 3.32. The molecule has 0 saturated heterocycles. The molecule has 0 atom stereocenters. The summed E-state index contributed by atoms with van der Waals surface area (Å²) >= 11 is 0. The summed E-state index contributed by atoms with van der Waals surface area (Å²) in [4.78, 5) is 29.0. The molecule has 2 heterocycles. The number of rotatable bonds is 4. The van der Waals surface area contributed by atoms with E-state index in [1.807, 2.05) is 0 Å². The lowest BCUT2D eigenvalue weighted by Gasteiger charge is -2.08. The minimum atomic E-state index is -0.554. The largest absolute Gasteiger partial charge is 0.504 e. The second kappa shape index (κ2) is 6.97. The number of aromatic hydroxyl groups is 1. The lowest BCUT2D eigenvalue weighted by molar-refractivity contribution is 0.114. The maximum absolute atomic E-state index is 11.5. The minimum absolute atomic E-state index is 0.0359. The molecule has 0 bridgehead atoms. The molecule has 2 aromatic heterocycles. The summed E-state index contributed by atoms with van der Waals surface area (Å²) in [5.74, 6) is 0.671. The molecule has 0 aliphatic rings. The molecule has 25 heavy (non-hydrogen) atoms. The van der Waals surface area contributed by atoms with Crippen LogP contribution >= 0.6 is 0 Å². The number of pyridine rings is 1. The third kappa shape index (κ3) is 3.56. The number of benzene rings is 1. The van der Waals surface area contributed by atoms with Crippen LogP contribution in [0.15, 0.2) is 36.5 Å². The Hall–Kier alpha value is -3.46. The Bertz CT molecular complexity index is 932. The van der Waals surface area contributed by atoms with Crippen molar-refractivity contribution in [2.24, 2.45) is 0 Å². The highest BCUT2D eigenvalue weighted by molar-refractivity contribution is 5.88. The van der Waals surface area contributed by atoms with Crippen molar-refractivity contribution in [3.05, 3.63) is 36.5 Å². The number of hydrogen-bond donors (Lipinski definition) is 3. The average Bonchev–Trinajstić information content (AvgIpc) is 2.61. The number of hydrogen-bond acceptors (Lipinski definition) is 7. The van der Waals surface area contributed by atoms with Crippen molar-refractivity contribution in [1.82, 2.24) is 20.4 Å². The Labute approximate surface area is 142 Å². The van der Waals surface area contributed by atoms with E-state index in [9.17, 15) is 9.90 Å². The van der Waals surface area contributed by atoms with Crippen molar-refractivity contribution in [3.63, 3.8) is 0 Å². The molecule has 0 radical (unpaired) electrons. The quantitative estimate of drug-likeness (QED) is 0.622. The Morgan fingerprint density at radius 2 is 2.00 bits per heavy atom. The molecule has 2 amide bonds. The number of methoxy groups -OCH3 is 1. The van der Waals surface area contributed by atoms with Crippen molar-refractivity contribution in [3.8, 4) is 22.8 Å². The molecule has 1 aromatic carbocycles. The summed E-state index contributed by atoms with van der Waals surface area (Å²) in [5, 5.41) is 12.2. The number of aromatic nitrogens is 3. The fourth-order valence-corrected chi connectivity index (χ4v) is 2.18. The molecule has 3 N–H and O–H groups in total. The minimum Gasteiger partial charge on any atom is -0.504 e. The number of ether oxygens (including phenoxy) is 1. The lowest BCUT2D eigenvalue weighted by atomic mass is 10.1. The predicted molar refractivity (Wildman–Crippen MR) is 90.1 cm³/mol. The molecular formula is C16H15N5O4. The zero-order valence-electron chi connectivity index (χ0n) is 13.5. The summed E-state index contributed by atoms with van der Waals surface area (Å²) < 4.78 is 5.10. The zero-order valence-corrected chi connectivity index (χ0v) is 13.5. The number of phenols is 1. The monoisotopic (exact) mass is 341 g/mol. The molecule has 0 spiro atoms. The number of nitrogens with zero attached hydrogens (tertiary/aromatic N) is 3. The van der Waals surface area contributed by atoms with E-state index in [1.165, 1.54) is 20.3 Å². The van der Waals surface area contributed by atoms with E-state index >= 15 is 0 Å². The number of carbonyl (C=O) groups excluding carboxylic acids is 1. The van der Waals surface area contributed by atoms with Gasteiger partial charge in [0.2, 0.25) is 0 Å². The van der Waals surface area contributed by atoms with Gasteiger partial charge in [-0.25, -0.2) is 20.2 Å². The highest BCUT2D eigenvalue weighted by Gasteiger charge is 2.09. The Balaban J connectivity index is 1.96. The molecule has 9 nitrogen and oxygen atoms in total. The van der Waals surface area contributed by atoms with E-state index in [0.29, 0.717) is 34.0 Å². The van der Waals surface area contributed by atoms with Gasteiger partial charge in [-0.15, -0.1) is 0 Å². The summed E-state index contributed by atoms with van der Waals surface area (Å²) in [6.07, 6.45) is 1.60. The topological polar surface area (TPSA) is 118 Å². The molecule has 9 heteroatoms. The van der Waals surface area contributed by atoms with Gasteiger partial charge in [0.1, 0.15) is 11.3 Å². The lowest BCUT2D eigenvalue weighted by Crippen LogP contribution is -2.27. The average molecular weight is 341 g/mol. The highest BCUT2D eigenvalue weighted by Crippen LogP contribution is 2.30. The van der Waals surface area contributed by atoms with Crippen molar-refractivity contribution >= 4 is 23.0 Å². The third-order valence-corrected chi connectivity index (χ3v) is 3.32. The number of phenolic OH excluding ortho intramolecular Hbond substituents is 1. The van der Waals surface area contributed by atoms with E-state index in [1.54, 1.807) is 30.5 Å². The molecule has 3 aromatic rings. The first-order chi connectivity index (χ1) is 12.1. The van der Waals surface area contributed by atoms with Gasteiger partial charge in [-0.3, -0.25) is 15.1 Å². The smallest absolute Gasteiger partial charge is 0.344 e. The van der Waals surface area contributed by atoms with Gasteiger partial charge < -0.3 is 9.84 Å². The normalized spacial score (nSPS) is 10.5. The van der Waals surface area contributed by atoms with Crippen LogP contribution in [0.5, 0.6) is 11.5 Å². The summed E-state index contributed by atoms with van der Waals surface area (Å²) in [6.45, 7) is 0. The molecule has 0 saturated carbocycles. The van der Waals surface area contributed by atoms with Gasteiger partial charge in [0, 0.05) is 5.56 Å². The molecule has 3 rings (SSSR count). The van der Waals surface area contributed by atoms with Crippen LogP contribution in [0.25, 0.3) is 22.4 Å². The van der Waals surface area contributed by atoms with Crippen LogP contribution in [-0.2, 0) is 4.84 Å². The van der Waals surface area contributed by atoms with E-state index in [2.05, 4.69) is 30.6 Å². The van der Waals surface area contributed by atoms with Crippen LogP contribution in [0.1, 0.15) is 0 Å². The van der Waals surface area contributed by atoms with Gasteiger partial charge in [-0.2, -0.15) is 0 Å². The molecule has 0 fully saturated rings. The van der Waals surface area contributed by atoms with Gasteiger partial charge in [-0.05, 0) is 30.3 Å². The van der Waals surface area contributed by atoms with Gasteiger partial charge in [0.05, 0.1) is 26.1 Å². The number of fused-ring (bicyclic) bond motifs is 1. The van der Waals surface area contributed by atoms with Gasteiger partial charge in [0.15, 0.2) is 17.1 Å². The molecule has 0 unspecified atom stereocenters. The first kappa shape index (κ1) is 16.4. The fraction of sp³-hybridized carbons (Fsp3) is 0.125. The number of carbonyl (C=O) groups is 1. The summed E-state index contributed by atoms with van der Waals surface area (Å²) in [7, 11) is 2.80. The molecule has 0 aliphatic heterocycles. The molecule has 0 aliphatic carbocycles. The molecular weight excluding hydrogens is 326 g/mol. The number of hydroxylamine groups is 1. The Kier molecular flexibility index (Phi) is 4.57. The van der Waals surface area contributed by atoms with Crippen molar-refractivity contribution < 1.29 is 19.5 Å². The van der Waals surface area contributed by atoms with Crippen molar-refractivity contribution in [2.45, 2.75) is 0 Å². The van der Waals surface area contributed by atoms with Crippen LogP contribution < -0.4 is 15.5 Å². The number of nitrogens with one attached hydrogen (secondary N) is 2. The van der Waals surface area contributed by atoms with E-state index < -0.39 is 6.03 Å². The Morgan fingerprint density at radius 3 is 2.76 bits per heavy atom. The zero-order chi connectivity index (χ0) is 17.8. The van der Waals surface area contributed by atoms with Crippen LogP contribution in [0, 0.1) is 0 Å². The van der Waals surface area contributed by atoms with E-state index in [4.69, 9.17) is 4.74 Å². The fourth-order valence-electron chi connectivity index (χ4n) is 2.18. The predicted octanol–water partition coefficient (Wildman–Crippen LogP) is 2.09. The maximum Gasteiger partial charge on any atom is 0.344 e. The second-order valence-electron chi connectivity index (χ2n) is 4.94. The van der Waals surface area contributed by atoms with Crippen LogP contribution in [0.4, 0.5) is 10.6 Å². The first-order valence-corrected chi connectivity index (χ1v) is 7.22. The van der Waals surface area contributed by atoms with Gasteiger partial charge in [-0.1, -0.05) is 0 Å². The van der Waals surface area contributed by atoms with Gasteiger partial charge >= 0.3 is 6.03 Å². The maximum atomic E-state index is 11.5. The van der Waals surface area contributed by atoms with Crippen LogP contribution in [0.2, 0.25) is 0 Å². The van der Waals surface area contributed by atoms with Crippen molar-refractivity contribution in [2.75, 3.05) is 19.5 Å². The van der Waals surface area contributed by atoms with Crippen LogP contribution in [0.3, 0.4) is 0 Å². The number of anilines is 1. The first-order valence-electron chi connectivity index (χ1n) is 7.22. The SMILES string of the molecule is CONC(=O)Nc1ccc2ncc(-c3ccc(O)c(OC)c3)nc2n1.